The third kappa shape index (κ3) is 2.48. The summed E-state index contributed by atoms with van der Waals surface area (Å²) in [5.74, 6) is 2.30. The lowest BCUT2D eigenvalue weighted by molar-refractivity contribution is -0.142. The number of furan rings is 1. The first-order chi connectivity index (χ1) is 9.28. The Morgan fingerprint density at radius 2 is 2.26 bits per heavy atom. The van der Waals surface area contributed by atoms with E-state index < -0.39 is 0 Å². The van der Waals surface area contributed by atoms with Crippen LogP contribution in [0.25, 0.3) is 11.0 Å². The number of hydrogen-bond acceptors (Lipinski definition) is 5. The minimum atomic E-state index is -0.262. The molecule has 0 saturated carbocycles. The Morgan fingerprint density at radius 1 is 1.42 bits per heavy atom. The van der Waals surface area contributed by atoms with Gasteiger partial charge in [0.1, 0.15) is 17.4 Å². The molecule has 0 radical (unpaired) electrons. The first kappa shape index (κ1) is 12.6. The molecule has 2 aromatic rings. The molecule has 0 spiro atoms. The Kier molecular flexibility index (Phi) is 3.48. The Balaban J connectivity index is 1.83. The summed E-state index contributed by atoms with van der Waals surface area (Å²) >= 11 is 1.74. The summed E-state index contributed by atoms with van der Waals surface area (Å²) in [6, 6.07) is 9.74. The van der Waals surface area contributed by atoms with E-state index in [0.29, 0.717) is 0 Å². The van der Waals surface area contributed by atoms with E-state index in [1.54, 1.807) is 11.8 Å². The van der Waals surface area contributed by atoms with Gasteiger partial charge in [0.2, 0.25) is 0 Å². The van der Waals surface area contributed by atoms with Crippen molar-refractivity contribution in [2.45, 2.75) is 12.1 Å². The van der Waals surface area contributed by atoms with Gasteiger partial charge >= 0.3 is 5.97 Å². The fourth-order valence-electron chi connectivity index (χ4n) is 2.26. The summed E-state index contributed by atoms with van der Waals surface area (Å²) in [5, 5.41) is 4.38. The van der Waals surface area contributed by atoms with E-state index in [9.17, 15) is 4.79 Å². The number of rotatable bonds is 2. The Labute approximate surface area is 115 Å². The quantitative estimate of drug-likeness (QED) is 0.854. The van der Waals surface area contributed by atoms with Gasteiger partial charge in [-0.2, -0.15) is 11.8 Å². The second-order valence-corrected chi connectivity index (χ2v) is 5.59. The van der Waals surface area contributed by atoms with Crippen molar-refractivity contribution in [1.29, 1.82) is 0 Å². The SMILES string of the molecule is COC(=O)C1CSCC(c2cc3ccccc3o2)N1. The fourth-order valence-corrected chi connectivity index (χ4v) is 3.36. The smallest absolute Gasteiger partial charge is 0.323 e. The minimum absolute atomic E-state index is 0.0512. The molecule has 100 valence electrons. The van der Waals surface area contributed by atoms with Crippen LogP contribution in [0.2, 0.25) is 0 Å². The summed E-state index contributed by atoms with van der Waals surface area (Å²) < 4.78 is 10.6. The van der Waals surface area contributed by atoms with Gasteiger partial charge in [0.05, 0.1) is 13.2 Å². The molecule has 1 aliphatic heterocycles. The summed E-state index contributed by atoms with van der Waals surface area (Å²) in [6.07, 6.45) is 0. The highest BCUT2D eigenvalue weighted by molar-refractivity contribution is 7.99. The van der Waals surface area contributed by atoms with E-state index in [1.165, 1.54) is 7.11 Å². The highest BCUT2D eigenvalue weighted by atomic mass is 32.2. The van der Waals surface area contributed by atoms with Gasteiger partial charge in [0.25, 0.3) is 0 Å². The fraction of sp³-hybridized carbons (Fsp3) is 0.357. The van der Waals surface area contributed by atoms with Gasteiger partial charge < -0.3 is 9.15 Å². The topological polar surface area (TPSA) is 51.5 Å². The van der Waals surface area contributed by atoms with E-state index in [0.717, 1.165) is 28.2 Å². The maximum absolute atomic E-state index is 11.6. The van der Waals surface area contributed by atoms with E-state index >= 15 is 0 Å². The molecule has 1 aromatic carbocycles. The molecular weight excluding hydrogens is 262 g/mol. The monoisotopic (exact) mass is 277 g/mol. The highest BCUT2D eigenvalue weighted by Gasteiger charge is 2.29. The molecule has 0 amide bonds. The molecule has 1 aromatic heterocycles. The first-order valence-electron chi connectivity index (χ1n) is 6.18. The number of para-hydroxylation sites is 1. The molecule has 3 rings (SSSR count). The average molecular weight is 277 g/mol. The van der Waals surface area contributed by atoms with Crippen LogP contribution in [0.5, 0.6) is 0 Å². The number of nitrogens with one attached hydrogen (secondary N) is 1. The molecule has 1 fully saturated rings. The van der Waals surface area contributed by atoms with E-state index in [-0.39, 0.29) is 18.1 Å². The van der Waals surface area contributed by atoms with Gasteiger partial charge in [-0.05, 0) is 12.1 Å². The molecule has 1 saturated heterocycles. The van der Waals surface area contributed by atoms with Crippen LogP contribution in [0.1, 0.15) is 11.8 Å². The zero-order valence-electron chi connectivity index (χ0n) is 10.6. The third-order valence-electron chi connectivity index (χ3n) is 3.25. The van der Waals surface area contributed by atoms with Crippen LogP contribution in [0.15, 0.2) is 34.7 Å². The van der Waals surface area contributed by atoms with Crippen LogP contribution in [0.4, 0.5) is 0 Å². The first-order valence-corrected chi connectivity index (χ1v) is 7.33. The molecule has 0 aliphatic carbocycles. The number of thioether (sulfide) groups is 1. The number of esters is 1. The van der Waals surface area contributed by atoms with E-state index in [2.05, 4.69) is 5.32 Å². The summed E-state index contributed by atoms with van der Waals surface area (Å²) in [5.41, 5.74) is 0.879. The van der Waals surface area contributed by atoms with E-state index in [4.69, 9.17) is 9.15 Å². The van der Waals surface area contributed by atoms with Crippen LogP contribution in [0.3, 0.4) is 0 Å². The van der Waals surface area contributed by atoms with Gasteiger partial charge in [-0.25, -0.2) is 0 Å². The van der Waals surface area contributed by atoms with Crippen molar-refractivity contribution in [2.24, 2.45) is 0 Å². The molecule has 1 N–H and O–H groups in total. The van der Waals surface area contributed by atoms with Crippen LogP contribution in [-0.2, 0) is 9.53 Å². The Bertz CT molecular complexity index is 562. The van der Waals surface area contributed by atoms with Gasteiger partial charge in [-0.3, -0.25) is 10.1 Å². The number of carbonyl (C=O) groups excluding carboxylic acids is 1. The maximum atomic E-state index is 11.6. The largest absolute Gasteiger partial charge is 0.468 e. The lowest BCUT2D eigenvalue weighted by atomic mass is 10.2. The van der Waals surface area contributed by atoms with Gasteiger partial charge in [-0.15, -0.1) is 0 Å². The summed E-state index contributed by atoms with van der Waals surface area (Å²) in [7, 11) is 1.42. The van der Waals surface area contributed by atoms with Crippen molar-refractivity contribution in [3.8, 4) is 0 Å². The molecule has 2 atom stereocenters. The van der Waals surface area contributed by atoms with Gasteiger partial charge in [-0.1, -0.05) is 18.2 Å². The molecular formula is C14H15NO3S. The number of methoxy groups -OCH3 is 1. The Morgan fingerprint density at radius 3 is 3.05 bits per heavy atom. The summed E-state index contributed by atoms with van der Waals surface area (Å²) in [6.45, 7) is 0. The highest BCUT2D eigenvalue weighted by Crippen LogP contribution is 2.29. The summed E-state index contributed by atoms with van der Waals surface area (Å²) in [4.78, 5) is 11.6. The zero-order valence-corrected chi connectivity index (χ0v) is 11.4. The predicted molar refractivity (Wildman–Crippen MR) is 75.2 cm³/mol. The zero-order chi connectivity index (χ0) is 13.2. The Hall–Kier alpha value is -1.46. The number of carbonyl (C=O) groups is 1. The second kappa shape index (κ2) is 5.27. The van der Waals surface area contributed by atoms with E-state index in [1.807, 2.05) is 30.3 Å². The predicted octanol–water partition coefficient (Wildman–Crippen LogP) is 2.35. The number of ether oxygens (including phenoxy) is 1. The number of hydrogen-bond donors (Lipinski definition) is 1. The van der Waals surface area contributed by atoms with Crippen molar-refractivity contribution in [2.75, 3.05) is 18.6 Å². The van der Waals surface area contributed by atoms with Gasteiger partial charge in [0.15, 0.2) is 0 Å². The number of benzene rings is 1. The van der Waals surface area contributed by atoms with Crippen molar-refractivity contribution >= 4 is 28.7 Å². The average Bonchev–Trinajstić information content (AvgIpc) is 2.90. The standard InChI is InChI=1S/C14H15NO3S/c1-17-14(16)11-8-19-7-10(15-11)13-6-9-4-2-3-5-12(9)18-13/h2-6,10-11,15H,7-8H2,1H3. The lowest BCUT2D eigenvalue weighted by Gasteiger charge is -2.27. The van der Waals surface area contributed by atoms with Crippen LogP contribution in [-0.4, -0.2) is 30.6 Å². The molecule has 19 heavy (non-hydrogen) atoms. The van der Waals surface area contributed by atoms with Crippen molar-refractivity contribution < 1.29 is 13.9 Å². The van der Waals surface area contributed by atoms with Crippen LogP contribution in [0, 0.1) is 0 Å². The van der Waals surface area contributed by atoms with Crippen molar-refractivity contribution in [1.82, 2.24) is 5.32 Å². The molecule has 2 heterocycles. The van der Waals surface area contributed by atoms with Crippen LogP contribution < -0.4 is 5.32 Å². The van der Waals surface area contributed by atoms with Gasteiger partial charge in [0, 0.05) is 16.9 Å². The second-order valence-electron chi connectivity index (χ2n) is 4.52. The van der Waals surface area contributed by atoms with Crippen molar-refractivity contribution in [3.63, 3.8) is 0 Å². The maximum Gasteiger partial charge on any atom is 0.323 e. The molecule has 0 bridgehead atoms. The van der Waals surface area contributed by atoms with Crippen LogP contribution >= 0.6 is 11.8 Å². The normalized spacial score (nSPS) is 23.4. The minimum Gasteiger partial charge on any atom is -0.468 e. The lowest BCUT2D eigenvalue weighted by Crippen LogP contribution is -2.45. The third-order valence-corrected chi connectivity index (χ3v) is 4.38. The molecule has 1 aliphatic rings. The molecule has 4 nitrogen and oxygen atoms in total. The number of fused-ring (bicyclic) bond motifs is 1. The molecule has 2 unspecified atom stereocenters. The van der Waals surface area contributed by atoms with Crippen molar-refractivity contribution in [3.05, 3.63) is 36.1 Å². The molecule has 5 heteroatoms.